The summed E-state index contributed by atoms with van der Waals surface area (Å²) in [6, 6.07) is 8.82. The fraction of sp³-hybridized carbons (Fsp3) is 0.438. The lowest BCUT2D eigenvalue weighted by molar-refractivity contribution is -0.240. The smallest absolute Gasteiger partial charge is 0.334 e. The summed E-state index contributed by atoms with van der Waals surface area (Å²) in [4.78, 5) is 44.0. The fourth-order valence-corrected chi connectivity index (χ4v) is 1.67. The number of hydrogen-bond acceptors (Lipinski definition) is 5. The number of rotatable bonds is 4. The number of carbonyl (C=O) groups excluding carboxylic acids is 3. The van der Waals surface area contributed by atoms with E-state index in [4.69, 9.17) is 0 Å². The summed E-state index contributed by atoms with van der Waals surface area (Å²) in [5.74, 6) is -0.671. The van der Waals surface area contributed by atoms with Crippen LogP contribution in [0.5, 0.6) is 0 Å². The van der Waals surface area contributed by atoms with E-state index < -0.39 is 18.1 Å². The Morgan fingerprint density at radius 2 is 1.67 bits per heavy atom. The van der Waals surface area contributed by atoms with Gasteiger partial charge in [-0.1, -0.05) is 30.3 Å². The molecule has 0 aliphatic carbocycles. The van der Waals surface area contributed by atoms with Crippen LogP contribution in [-0.2, 0) is 21.0 Å². The molecular weight excluding hydrogens is 314 g/mol. The van der Waals surface area contributed by atoms with Crippen LogP contribution in [-0.4, -0.2) is 48.2 Å². The summed E-state index contributed by atoms with van der Waals surface area (Å²) < 4.78 is 0. The third-order valence-electron chi connectivity index (χ3n) is 3.09. The normalized spacial score (nSPS) is 10.0. The first-order valence-electron chi connectivity index (χ1n) is 7.54. The van der Waals surface area contributed by atoms with Gasteiger partial charge in [-0.15, -0.1) is 0 Å². The monoisotopic (exact) mass is 337 g/mol. The molecule has 0 fully saturated rings. The molecule has 1 aromatic rings. The van der Waals surface area contributed by atoms with Gasteiger partial charge in [0.1, 0.15) is 0 Å². The van der Waals surface area contributed by atoms with E-state index >= 15 is 0 Å². The number of aryl methyl sites for hydroxylation is 1. The minimum atomic E-state index is -0.982. The van der Waals surface area contributed by atoms with Crippen LogP contribution in [0.25, 0.3) is 0 Å². The molecule has 0 bridgehead atoms. The van der Waals surface area contributed by atoms with Crippen molar-refractivity contribution in [2.45, 2.75) is 32.7 Å². The summed E-state index contributed by atoms with van der Waals surface area (Å²) in [7, 11) is 2.70. The van der Waals surface area contributed by atoms with Crippen molar-refractivity contribution in [2.24, 2.45) is 0 Å². The van der Waals surface area contributed by atoms with Crippen LogP contribution in [0.3, 0.4) is 0 Å². The van der Waals surface area contributed by atoms with Crippen molar-refractivity contribution in [3.63, 3.8) is 0 Å². The summed E-state index contributed by atoms with van der Waals surface area (Å²) in [5.41, 5.74) is 0.975. The van der Waals surface area contributed by atoms with E-state index in [0.717, 1.165) is 15.6 Å². The molecule has 132 valence electrons. The van der Waals surface area contributed by atoms with Crippen molar-refractivity contribution >= 4 is 18.1 Å². The fourth-order valence-electron chi connectivity index (χ4n) is 1.67. The second-order valence-corrected chi connectivity index (χ2v) is 5.44. The van der Waals surface area contributed by atoms with E-state index in [1.54, 1.807) is 13.8 Å². The highest BCUT2D eigenvalue weighted by atomic mass is 17.2. The molecule has 0 radical (unpaired) electrons. The molecule has 0 saturated carbocycles. The number of hydrazine groups is 1. The van der Waals surface area contributed by atoms with Crippen LogP contribution < -0.4 is 5.32 Å². The molecule has 8 heteroatoms. The molecule has 24 heavy (non-hydrogen) atoms. The number of hydrogen-bond donors (Lipinski definition) is 1. The number of nitrogens with zero attached hydrogens (tertiary/aromatic N) is 2. The van der Waals surface area contributed by atoms with E-state index in [0.29, 0.717) is 6.42 Å². The minimum absolute atomic E-state index is 0.0741. The summed E-state index contributed by atoms with van der Waals surface area (Å²) >= 11 is 0. The van der Waals surface area contributed by atoms with Gasteiger partial charge in [0.05, 0.1) is 6.42 Å². The van der Waals surface area contributed by atoms with Crippen LogP contribution in [0.15, 0.2) is 30.3 Å². The Labute approximate surface area is 141 Å². The maximum Gasteiger partial charge on any atom is 0.471 e. The zero-order valence-corrected chi connectivity index (χ0v) is 14.3. The van der Waals surface area contributed by atoms with Gasteiger partial charge in [0.25, 0.3) is 0 Å². The number of carbonyl (C=O) groups is 3. The van der Waals surface area contributed by atoms with Gasteiger partial charge in [-0.2, -0.15) is 0 Å². The van der Waals surface area contributed by atoms with Gasteiger partial charge in [-0.3, -0.25) is 0 Å². The molecule has 1 aromatic carbocycles. The second kappa shape index (κ2) is 9.39. The first-order chi connectivity index (χ1) is 11.3. The predicted molar refractivity (Wildman–Crippen MR) is 86.5 cm³/mol. The molecule has 0 atom stereocenters. The molecule has 1 N–H and O–H groups in total. The summed E-state index contributed by atoms with van der Waals surface area (Å²) in [6.07, 6.45) is -0.432. The third kappa shape index (κ3) is 6.55. The quantitative estimate of drug-likeness (QED) is 0.671. The lowest BCUT2D eigenvalue weighted by atomic mass is 10.1. The average molecular weight is 337 g/mol. The molecule has 0 aromatic heterocycles. The highest BCUT2D eigenvalue weighted by molar-refractivity contribution is 5.78. The summed E-state index contributed by atoms with van der Waals surface area (Å²) in [5, 5.41) is 4.52. The lowest BCUT2D eigenvalue weighted by Crippen LogP contribution is -2.50. The topological polar surface area (TPSA) is 88.2 Å². The molecule has 3 amide bonds. The predicted octanol–water partition coefficient (Wildman–Crippen LogP) is 2.11. The number of urea groups is 1. The number of nitrogens with one attached hydrogen (secondary N) is 1. The maximum atomic E-state index is 11.8. The largest absolute Gasteiger partial charge is 0.471 e. The Morgan fingerprint density at radius 1 is 1.04 bits per heavy atom. The molecule has 0 aliphatic rings. The highest BCUT2D eigenvalue weighted by Crippen LogP contribution is 2.04. The van der Waals surface area contributed by atoms with E-state index in [1.165, 1.54) is 14.1 Å². The number of amides is 3. The zero-order valence-electron chi connectivity index (χ0n) is 14.3. The first-order valence-corrected chi connectivity index (χ1v) is 7.54. The summed E-state index contributed by atoms with van der Waals surface area (Å²) in [6.45, 7) is 3.58. The van der Waals surface area contributed by atoms with Gasteiger partial charge >= 0.3 is 18.1 Å². The van der Waals surface area contributed by atoms with Crippen LogP contribution in [0.4, 0.5) is 9.59 Å². The molecule has 0 aliphatic heterocycles. The maximum absolute atomic E-state index is 11.8. The van der Waals surface area contributed by atoms with E-state index in [1.807, 2.05) is 30.3 Å². The Kier molecular flexibility index (Phi) is 7.54. The first kappa shape index (κ1) is 19.3. The Hall–Kier alpha value is -2.77. The van der Waals surface area contributed by atoms with Gasteiger partial charge < -0.3 is 5.32 Å². The van der Waals surface area contributed by atoms with Crippen LogP contribution in [0, 0.1) is 0 Å². The minimum Gasteiger partial charge on any atom is -0.334 e. The molecule has 8 nitrogen and oxygen atoms in total. The molecule has 1 rings (SSSR count). The van der Waals surface area contributed by atoms with Crippen molar-refractivity contribution < 1.29 is 24.2 Å². The van der Waals surface area contributed by atoms with Gasteiger partial charge in [0.2, 0.25) is 0 Å². The molecule has 0 unspecified atom stereocenters. The van der Waals surface area contributed by atoms with Gasteiger partial charge in [0, 0.05) is 20.1 Å². The zero-order chi connectivity index (χ0) is 18.1. The Morgan fingerprint density at radius 3 is 2.25 bits per heavy atom. The van der Waals surface area contributed by atoms with E-state index in [9.17, 15) is 14.4 Å². The van der Waals surface area contributed by atoms with Gasteiger partial charge in [-0.25, -0.2) is 34.2 Å². The standard InChI is InChI=1S/C16H23N3O5/c1-12(2)17-15(21)18(3)19(4)16(22)24-23-14(20)11-10-13-8-6-5-7-9-13/h5-9,12H,10-11H2,1-4H3,(H,17,21). The Balaban J connectivity index is 2.36. The van der Waals surface area contributed by atoms with E-state index in [2.05, 4.69) is 15.1 Å². The van der Waals surface area contributed by atoms with Gasteiger partial charge in [-0.05, 0) is 25.8 Å². The van der Waals surface area contributed by atoms with Crippen molar-refractivity contribution in [3.05, 3.63) is 35.9 Å². The third-order valence-corrected chi connectivity index (χ3v) is 3.09. The Bertz CT molecular complexity index is 562. The van der Waals surface area contributed by atoms with E-state index in [-0.39, 0.29) is 12.5 Å². The van der Waals surface area contributed by atoms with Crippen molar-refractivity contribution in [3.8, 4) is 0 Å². The van der Waals surface area contributed by atoms with Crippen molar-refractivity contribution in [1.82, 2.24) is 15.3 Å². The molecule has 0 saturated heterocycles. The molecule has 0 spiro atoms. The SMILES string of the molecule is CC(C)NC(=O)N(C)N(C)C(=O)OOC(=O)CCc1ccccc1. The van der Waals surface area contributed by atoms with Crippen LogP contribution in [0.1, 0.15) is 25.8 Å². The van der Waals surface area contributed by atoms with Crippen LogP contribution in [0.2, 0.25) is 0 Å². The lowest BCUT2D eigenvalue weighted by Gasteiger charge is -2.27. The van der Waals surface area contributed by atoms with Crippen molar-refractivity contribution in [2.75, 3.05) is 14.1 Å². The number of benzene rings is 1. The van der Waals surface area contributed by atoms with Crippen molar-refractivity contribution in [1.29, 1.82) is 0 Å². The molecule has 0 heterocycles. The van der Waals surface area contributed by atoms with Gasteiger partial charge in [0.15, 0.2) is 0 Å². The second-order valence-electron chi connectivity index (χ2n) is 5.44. The molecular formula is C16H23N3O5. The van der Waals surface area contributed by atoms with Crippen LogP contribution >= 0.6 is 0 Å². The highest BCUT2D eigenvalue weighted by Gasteiger charge is 2.22. The average Bonchev–Trinajstić information content (AvgIpc) is 2.56.